The first-order valence-corrected chi connectivity index (χ1v) is 12.7. The second-order valence-electron chi connectivity index (χ2n) is 9.78. The molecule has 0 saturated carbocycles. The number of Topliss-reactive ketones (excluding diaryl/α,β-unsaturated/α-hetero) is 1. The smallest absolute Gasteiger partial charge is 0.335 e. The predicted molar refractivity (Wildman–Crippen MR) is 134 cm³/mol. The first-order valence-electron chi connectivity index (χ1n) is 11.8. The lowest BCUT2D eigenvalue weighted by Crippen LogP contribution is -2.72. The Balaban J connectivity index is 1.52. The number of thioether (sulfide) groups is 1. The van der Waals surface area contributed by atoms with Crippen LogP contribution in [0.5, 0.6) is 0 Å². The number of benzene rings is 2. The third-order valence-electron chi connectivity index (χ3n) is 7.37. The first kappa shape index (κ1) is 24.3. The lowest BCUT2D eigenvalue weighted by Gasteiger charge is -2.54. The van der Waals surface area contributed by atoms with Crippen molar-refractivity contribution < 1.29 is 28.7 Å². The number of hydrogen-bond acceptors (Lipinski definition) is 7. The summed E-state index contributed by atoms with van der Waals surface area (Å²) in [6, 6.07) is 17.2. The molecule has 1 aliphatic carbocycles. The summed E-state index contributed by atoms with van der Waals surface area (Å²) >= 11 is 1.42. The van der Waals surface area contributed by atoms with Crippen LogP contribution in [-0.4, -0.2) is 51.8 Å². The minimum absolute atomic E-state index is 0.0520. The van der Waals surface area contributed by atoms with E-state index in [9.17, 15) is 19.2 Å². The number of rotatable bonds is 6. The molecule has 0 N–H and O–H groups in total. The number of nitrogens with zero attached hydrogens (tertiary/aromatic N) is 1. The quantitative estimate of drug-likeness (QED) is 0.335. The number of allylic oxidation sites excluding steroid dienone is 1. The number of fused-ring (bicyclic) bond motifs is 2. The number of hydrogen-bond donors (Lipinski definition) is 0. The standard InChI is InChI=1S/C28H27NO6S/c1-27(2)22(24(32)34-3)29-25(33)28(26(29)36-27)19(21(30)18-12-8-5-9-13-18)14-15-20(28)23(31)35-16-17-10-6-4-7-11-17/h4-13,15,19,22,26H,14,16H2,1-3H3/t19?,22-,26+,28?/m0/s1. The summed E-state index contributed by atoms with van der Waals surface area (Å²) in [6.07, 6.45) is 1.91. The second kappa shape index (κ2) is 8.92. The number of carbonyl (C=O) groups is 4. The largest absolute Gasteiger partial charge is 0.467 e. The zero-order valence-corrected chi connectivity index (χ0v) is 21.1. The van der Waals surface area contributed by atoms with Crippen molar-refractivity contribution in [3.8, 4) is 0 Å². The van der Waals surface area contributed by atoms with Crippen LogP contribution in [0.4, 0.5) is 0 Å². The highest BCUT2D eigenvalue weighted by Gasteiger charge is 2.77. The fourth-order valence-corrected chi connectivity index (χ4v) is 7.52. The molecule has 2 saturated heterocycles. The molecule has 8 heteroatoms. The summed E-state index contributed by atoms with van der Waals surface area (Å²) in [6.45, 7) is 3.80. The van der Waals surface area contributed by atoms with Gasteiger partial charge in [-0.05, 0) is 25.8 Å². The molecule has 0 bridgehead atoms. The van der Waals surface area contributed by atoms with Gasteiger partial charge >= 0.3 is 11.9 Å². The molecule has 3 aliphatic rings. The topological polar surface area (TPSA) is 90.0 Å². The van der Waals surface area contributed by atoms with E-state index in [4.69, 9.17) is 9.47 Å². The van der Waals surface area contributed by atoms with Crippen molar-refractivity contribution in [1.29, 1.82) is 0 Å². The molecule has 1 amide bonds. The summed E-state index contributed by atoms with van der Waals surface area (Å²) in [5.74, 6) is -2.51. The summed E-state index contributed by atoms with van der Waals surface area (Å²) < 4.78 is 9.97. The van der Waals surface area contributed by atoms with Gasteiger partial charge in [0.15, 0.2) is 5.78 Å². The Morgan fingerprint density at radius 1 is 1.03 bits per heavy atom. The molecule has 2 fully saturated rings. The van der Waals surface area contributed by atoms with E-state index >= 15 is 0 Å². The molecule has 2 aliphatic heterocycles. The molecule has 36 heavy (non-hydrogen) atoms. The van der Waals surface area contributed by atoms with Gasteiger partial charge in [0.1, 0.15) is 18.1 Å². The average molecular weight is 506 g/mol. The van der Waals surface area contributed by atoms with Gasteiger partial charge in [0.25, 0.3) is 0 Å². The van der Waals surface area contributed by atoms with Crippen LogP contribution < -0.4 is 0 Å². The van der Waals surface area contributed by atoms with Gasteiger partial charge in [-0.25, -0.2) is 9.59 Å². The number of methoxy groups -OCH3 is 1. The van der Waals surface area contributed by atoms with Gasteiger partial charge in [-0.3, -0.25) is 9.59 Å². The lowest BCUT2D eigenvalue weighted by atomic mass is 9.63. The van der Waals surface area contributed by atoms with E-state index in [1.807, 2.05) is 50.2 Å². The van der Waals surface area contributed by atoms with Crippen LogP contribution in [0.25, 0.3) is 0 Å². The molecule has 4 atom stereocenters. The van der Waals surface area contributed by atoms with Gasteiger partial charge in [0, 0.05) is 16.2 Å². The summed E-state index contributed by atoms with van der Waals surface area (Å²) in [7, 11) is 1.29. The maximum atomic E-state index is 14.0. The van der Waals surface area contributed by atoms with Crippen LogP contribution >= 0.6 is 11.8 Å². The van der Waals surface area contributed by atoms with Gasteiger partial charge in [-0.15, -0.1) is 11.8 Å². The van der Waals surface area contributed by atoms with Crippen molar-refractivity contribution in [2.75, 3.05) is 7.11 Å². The fourth-order valence-electron chi connectivity index (χ4n) is 5.70. The van der Waals surface area contributed by atoms with Crippen LogP contribution in [0.1, 0.15) is 36.2 Å². The van der Waals surface area contributed by atoms with Crippen molar-refractivity contribution in [2.24, 2.45) is 11.3 Å². The van der Waals surface area contributed by atoms with Gasteiger partial charge in [-0.2, -0.15) is 0 Å². The van der Waals surface area contributed by atoms with Crippen molar-refractivity contribution in [1.82, 2.24) is 4.90 Å². The van der Waals surface area contributed by atoms with E-state index in [2.05, 4.69) is 0 Å². The van der Waals surface area contributed by atoms with E-state index in [1.165, 1.54) is 23.8 Å². The maximum absolute atomic E-state index is 14.0. The van der Waals surface area contributed by atoms with Gasteiger partial charge in [0.2, 0.25) is 5.91 Å². The van der Waals surface area contributed by atoms with Crippen LogP contribution in [0, 0.1) is 11.3 Å². The Labute approximate surface area is 213 Å². The molecule has 5 rings (SSSR count). The average Bonchev–Trinajstić information content (AvgIpc) is 3.43. The second-order valence-corrected chi connectivity index (χ2v) is 11.5. The number of β-lactam (4-membered cyclic amide) rings is 1. The molecule has 7 nitrogen and oxygen atoms in total. The van der Waals surface area contributed by atoms with Crippen molar-refractivity contribution in [3.63, 3.8) is 0 Å². The molecule has 0 aromatic heterocycles. The number of ketones is 1. The zero-order chi connectivity index (χ0) is 25.7. The molecular formula is C28H27NO6S. The van der Waals surface area contributed by atoms with Crippen molar-refractivity contribution >= 4 is 35.4 Å². The van der Waals surface area contributed by atoms with E-state index in [0.29, 0.717) is 5.56 Å². The number of carbonyl (C=O) groups excluding carboxylic acids is 4. The summed E-state index contributed by atoms with van der Waals surface area (Å²) in [4.78, 5) is 55.3. The lowest BCUT2D eigenvalue weighted by molar-refractivity contribution is -0.176. The Kier molecular flexibility index (Phi) is 6.03. The summed E-state index contributed by atoms with van der Waals surface area (Å²) in [5.41, 5.74) is 0.102. The fraction of sp³-hybridized carbons (Fsp3) is 0.357. The van der Waals surface area contributed by atoms with Gasteiger partial charge in [-0.1, -0.05) is 66.7 Å². The molecule has 2 aromatic carbocycles. The Morgan fingerprint density at radius 3 is 2.31 bits per heavy atom. The summed E-state index contributed by atoms with van der Waals surface area (Å²) in [5, 5.41) is -0.570. The SMILES string of the molecule is COC(=O)[C@@H]1N2C(=O)C3(C(C(=O)OCc4ccccc4)=CCC3C(=O)c3ccccc3)[C@H]2SC1(C)C. The minimum atomic E-state index is -1.40. The van der Waals surface area contributed by atoms with E-state index < -0.39 is 45.3 Å². The zero-order valence-electron chi connectivity index (χ0n) is 20.3. The number of amides is 1. The molecule has 0 radical (unpaired) electrons. The van der Waals surface area contributed by atoms with Gasteiger partial charge < -0.3 is 14.4 Å². The first-order chi connectivity index (χ1) is 17.2. The predicted octanol–water partition coefficient (Wildman–Crippen LogP) is 3.78. The molecule has 2 unspecified atom stereocenters. The molecule has 2 heterocycles. The van der Waals surface area contributed by atoms with Crippen molar-refractivity contribution in [3.05, 3.63) is 83.4 Å². The highest BCUT2D eigenvalue weighted by Crippen LogP contribution is 2.66. The van der Waals surface area contributed by atoms with Gasteiger partial charge in [0.05, 0.1) is 18.1 Å². The Hall–Kier alpha value is -3.39. The van der Waals surface area contributed by atoms with Crippen molar-refractivity contribution in [2.45, 2.75) is 43.0 Å². The monoisotopic (exact) mass is 505 g/mol. The third-order valence-corrected chi connectivity index (χ3v) is 9.02. The molecule has 186 valence electrons. The van der Waals surface area contributed by atoms with Crippen LogP contribution in [0.15, 0.2) is 72.3 Å². The molecular weight excluding hydrogens is 478 g/mol. The minimum Gasteiger partial charge on any atom is -0.467 e. The molecule has 2 aromatic rings. The highest BCUT2D eigenvalue weighted by atomic mass is 32.2. The highest BCUT2D eigenvalue weighted by molar-refractivity contribution is 8.01. The normalized spacial score (nSPS) is 27.8. The van der Waals surface area contributed by atoms with Crippen LogP contribution in [0.2, 0.25) is 0 Å². The van der Waals surface area contributed by atoms with Crippen LogP contribution in [0.3, 0.4) is 0 Å². The van der Waals surface area contributed by atoms with E-state index in [0.717, 1.165) is 5.56 Å². The van der Waals surface area contributed by atoms with E-state index in [1.54, 1.807) is 30.3 Å². The van der Waals surface area contributed by atoms with Crippen LogP contribution in [-0.2, 0) is 30.5 Å². The Morgan fingerprint density at radius 2 is 1.67 bits per heavy atom. The van der Waals surface area contributed by atoms with E-state index in [-0.39, 0.29) is 24.4 Å². The number of esters is 2. The third kappa shape index (κ3) is 3.50. The molecule has 1 spiro atoms. The number of ether oxygens (including phenoxy) is 2. The maximum Gasteiger partial charge on any atom is 0.335 e. The Bertz CT molecular complexity index is 1260.